The molecular formula is C14H17ClN4O. The van der Waals surface area contributed by atoms with Crippen LogP contribution in [-0.2, 0) is 17.8 Å². The molecule has 0 saturated carbocycles. The van der Waals surface area contributed by atoms with Crippen LogP contribution in [0.4, 0.5) is 0 Å². The molecule has 0 saturated heterocycles. The Balaban J connectivity index is 1.95. The van der Waals surface area contributed by atoms with Crippen LogP contribution in [0, 0.1) is 6.92 Å². The van der Waals surface area contributed by atoms with E-state index in [1.54, 1.807) is 4.68 Å². The van der Waals surface area contributed by atoms with Gasteiger partial charge in [-0.2, -0.15) is 0 Å². The summed E-state index contributed by atoms with van der Waals surface area (Å²) in [6, 6.07) is 5.91. The zero-order valence-corrected chi connectivity index (χ0v) is 12.3. The maximum absolute atomic E-state index is 10.8. The molecule has 0 bridgehead atoms. The molecule has 1 N–H and O–H groups in total. The van der Waals surface area contributed by atoms with E-state index in [0.29, 0.717) is 19.5 Å². The van der Waals surface area contributed by atoms with E-state index in [9.17, 15) is 4.79 Å². The number of hydrogen-bond donors (Lipinski definition) is 1. The summed E-state index contributed by atoms with van der Waals surface area (Å²) in [5.41, 5.74) is 3.05. The number of aryl methyl sites for hydroxylation is 1. The van der Waals surface area contributed by atoms with Crippen LogP contribution in [0.15, 0.2) is 24.4 Å². The topological polar surface area (TPSA) is 59.8 Å². The van der Waals surface area contributed by atoms with Crippen LogP contribution < -0.4 is 5.32 Å². The van der Waals surface area contributed by atoms with Crippen molar-refractivity contribution in [3.63, 3.8) is 0 Å². The predicted octanol–water partition coefficient (Wildman–Crippen LogP) is 1.97. The number of halogens is 1. The normalized spacial score (nSPS) is 10.6. The molecule has 20 heavy (non-hydrogen) atoms. The van der Waals surface area contributed by atoms with Crippen LogP contribution in [0.3, 0.4) is 0 Å². The second-order valence-corrected chi connectivity index (χ2v) is 5.13. The van der Waals surface area contributed by atoms with Crippen molar-refractivity contribution in [2.75, 3.05) is 6.54 Å². The Kier molecular flexibility index (Phi) is 4.74. The largest absolute Gasteiger partial charge is 0.356 e. The van der Waals surface area contributed by atoms with E-state index in [1.807, 2.05) is 31.3 Å². The van der Waals surface area contributed by atoms with Gasteiger partial charge in [0, 0.05) is 31.1 Å². The molecule has 0 aliphatic carbocycles. The highest BCUT2D eigenvalue weighted by Crippen LogP contribution is 2.16. The molecule has 0 aliphatic rings. The van der Waals surface area contributed by atoms with Gasteiger partial charge >= 0.3 is 0 Å². The lowest BCUT2D eigenvalue weighted by Crippen LogP contribution is -2.22. The van der Waals surface area contributed by atoms with Gasteiger partial charge in [-0.1, -0.05) is 28.9 Å². The van der Waals surface area contributed by atoms with E-state index < -0.39 is 0 Å². The Bertz CT molecular complexity index is 609. The van der Waals surface area contributed by atoms with Crippen LogP contribution in [0.2, 0.25) is 5.02 Å². The lowest BCUT2D eigenvalue weighted by Gasteiger charge is -2.03. The SMILES string of the molecule is CC(=O)NCCc1cn(Cc2ccc(Cl)c(C)c2)nn1. The zero-order valence-electron chi connectivity index (χ0n) is 11.6. The van der Waals surface area contributed by atoms with Crippen LogP contribution in [-0.4, -0.2) is 27.4 Å². The molecule has 1 amide bonds. The maximum Gasteiger partial charge on any atom is 0.216 e. The smallest absolute Gasteiger partial charge is 0.216 e. The molecule has 2 aromatic rings. The molecule has 1 aromatic carbocycles. The van der Waals surface area contributed by atoms with Crippen molar-refractivity contribution >= 4 is 17.5 Å². The molecule has 0 spiro atoms. The van der Waals surface area contributed by atoms with E-state index >= 15 is 0 Å². The fraction of sp³-hybridized carbons (Fsp3) is 0.357. The average molecular weight is 293 g/mol. The van der Waals surface area contributed by atoms with E-state index in [1.165, 1.54) is 6.92 Å². The maximum atomic E-state index is 10.8. The van der Waals surface area contributed by atoms with Gasteiger partial charge in [-0.05, 0) is 24.1 Å². The fourth-order valence-electron chi connectivity index (χ4n) is 1.89. The number of hydrogen-bond acceptors (Lipinski definition) is 3. The molecule has 0 aliphatic heterocycles. The summed E-state index contributed by atoms with van der Waals surface area (Å²) < 4.78 is 1.78. The zero-order chi connectivity index (χ0) is 14.5. The first kappa shape index (κ1) is 14.5. The molecule has 0 fully saturated rings. The lowest BCUT2D eigenvalue weighted by atomic mass is 10.1. The highest BCUT2D eigenvalue weighted by molar-refractivity contribution is 6.31. The summed E-state index contributed by atoms with van der Waals surface area (Å²) in [5, 5.41) is 11.7. The Morgan fingerprint density at radius 1 is 1.45 bits per heavy atom. The number of benzene rings is 1. The Morgan fingerprint density at radius 2 is 2.25 bits per heavy atom. The molecule has 106 valence electrons. The Labute approximate surface area is 122 Å². The number of carbonyl (C=O) groups is 1. The quantitative estimate of drug-likeness (QED) is 0.916. The monoisotopic (exact) mass is 292 g/mol. The highest BCUT2D eigenvalue weighted by Gasteiger charge is 2.03. The first-order valence-corrected chi connectivity index (χ1v) is 6.81. The van der Waals surface area contributed by atoms with Crippen LogP contribution in [0.1, 0.15) is 23.7 Å². The van der Waals surface area contributed by atoms with Crippen molar-refractivity contribution in [3.8, 4) is 0 Å². The van der Waals surface area contributed by atoms with Crippen molar-refractivity contribution in [2.24, 2.45) is 0 Å². The molecule has 6 heteroatoms. The second kappa shape index (κ2) is 6.52. The van der Waals surface area contributed by atoms with Gasteiger partial charge in [-0.3, -0.25) is 4.79 Å². The van der Waals surface area contributed by atoms with Crippen molar-refractivity contribution < 1.29 is 4.79 Å². The third-order valence-corrected chi connectivity index (χ3v) is 3.33. The minimum absolute atomic E-state index is 0.0333. The van der Waals surface area contributed by atoms with Gasteiger partial charge in [0.1, 0.15) is 0 Å². The lowest BCUT2D eigenvalue weighted by molar-refractivity contribution is -0.118. The van der Waals surface area contributed by atoms with Gasteiger partial charge in [0.25, 0.3) is 0 Å². The number of carbonyl (C=O) groups excluding carboxylic acids is 1. The van der Waals surface area contributed by atoms with Crippen LogP contribution >= 0.6 is 11.6 Å². The van der Waals surface area contributed by atoms with Crippen molar-refractivity contribution in [1.82, 2.24) is 20.3 Å². The molecule has 1 heterocycles. The summed E-state index contributed by atoms with van der Waals surface area (Å²) in [6.45, 7) is 4.71. The number of nitrogens with zero attached hydrogens (tertiary/aromatic N) is 3. The number of nitrogens with one attached hydrogen (secondary N) is 1. The van der Waals surface area contributed by atoms with Gasteiger partial charge in [0.05, 0.1) is 12.2 Å². The first-order valence-electron chi connectivity index (χ1n) is 6.43. The minimum atomic E-state index is -0.0333. The standard InChI is InChI=1S/C14H17ClN4O/c1-10-7-12(3-4-14(10)15)8-19-9-13(17-18-19)5-6-16-11(2)20/h3-4,7,9H,5-6,8H2,1-2H3,(H,16,20). The summed E-state index contributed by atoms with van der Waals surface area (Å²) in [4.78, 5) is 10.8. The van der Waals surface area contributed by atoms with Gasteiger partial charge in [-0.15, -0.1) is 5.10 Å². The number of amides is 1. The van der Waals surface area contributed by atoms with Gasteiger partial charge < -0.3 is 5.32 Å². The molecule has 5 nitrogen and oxygen atoms in total. The van der Waals surface area contributed by atoms with Crippen LogP contribution in [0.5, 0.6) is 0 Å². The molecule has 0 radical (unpaired) electrons. The Hall–Kier alpha value is -1.88. The average Bonchev–Trinajstić information content (AvgIpc) is 2.81. The summed E-state index contributed by atoms with van der Waals surface area (Å²) in [5.74, 6) is -0.0333. The van der Waals surface area contributed by atoms with E-state index in [-0.39, 0.29) is 5.91 Å². The third kappa shape index (κ3) is 4.06. The molecule has 2 rings (SSSR count). The number of rotatable bonds is 5. The van der Waals surface area contributed by atoms with Crippen molar-refractivity contribution in [3.05, 3.63) is 46.2 Å². The van der Waals surface area contributed by atoms with Crippen LogP contribution in [0.25, 0.3) is 0 Å². The molecule has 0 atom stereocenters. The van der Waals surface area contributed by atoms with Gasteiger partial charge in [0.15, 0.2) is 0 Å². The van der Waals surface area contributed by atoms with E-state index in [2.05, 4.69) is 15.6 Å². The third-order valence-electron chi connectivity index (χ3n) is 2.91. The van der Waals surface area contributed by atoms with Gasteiger partial charge in [-0.25, -0.2) is 4.68 Å². The second-order valence-electron chi connectivity index (χ2n) is 4.72. The Morgan fingerprint density at radius 3 is 2.95 bits per heavy atom. The summed E-state index contributed by atoms with van der Waals surface area (Å²) in [6.07, 6.45) is 2.57. The predicted molar refractivity (Wildman–Crippen MR) is 77.7 cm³/mol. The van der Waals surface area contributed by atoms with E-state index in [0.717, 1.165) is 21.8 Å². The van der Waals surface area contributed by atoms with E-state index in [4.69, 9.17) is 11.6 Å². The van der Waals surface area contributed by atoms with Crippen molar-refractivity contribution in [2.45, 2.75) is 26.8 Å². The highest BCUT2D eigenvalue weighted by atomic mass is 35.5. The molecular weight excluding hydrogens is 276 g/mol. The van der Waals surface area contributed by atoms with Gasteiger partial charge in [0.2, 0.25) is 5.91 Å². The van der Waals surface area contributed by atoms with Crippen molar-refractivity contribution in [1.29, 1.82) is 0 Å². The summed E-state index contributed by atoms with van der Waals surface area (Å²) in [7, 11) is 0. The molecule has 1 aromatic heterocycles. The number of aromatic nitrogens is 3. The summed E-state index contributed by atoms with van der Waals surface area (Å²) >= 11 is 6.00. The molecule has 0 unspecified atom stereocenters. The first-order chi connectivity index (χ1) is 9.54. The fourth-order valence-corrected chi connectivity index (χ4v) is 2.01. The minimum Gasteiger partial charge on any atom is -0.356 e.